The van der Waals surface area contributed by atoms with Gasteiger partial charge in [0.15, 0.2) is 0 Å². The lowest BCUT2D eigenvalue weighted by Crippen LogP contribution is -2.64. The van der Waals surface area contributed by atoms with Crippen molar-refractivity contribution >= 4 is 23.4 Å². The van der Waals surface area contributed by atoms with E-state index in [0.717, 1.165) is 12.8 Å². The maximum Gasteiger partial charge on any atom is 0.329 e. The van der Waals surface area contributed by atoms with Crippen molar-refractivity contribution in [2.24, 2.45) is 29.6 Å². The number of methoxy groups -OCH3 is 3. The van der Waals surface area contributed by atoms with Gasteiger partial charge in [-0.3, -0.25) is 14.4 Å². The second-order valence-corrected chi connectivity index (χ2v) is 19.0. The average molecular weight is 899 g/mol. The van der Waals surface area contributed by atoms with Gasteiger partial charge in [-0.2, -0.15) is 0 Å². The van der Waals surface area contributed by atoms with E-state index in [4.69, 9.17) is 23.7 Å². The van der Waals surface area contributed by atoms with E-state index in [-0.39, 0.29) is 56.1 Å². The van der Waals surface area contributed by atoms with Gasteiger partial charge in [0.1, 0.15) is 30.2 Å². The van der Waals surface area contributed by atoms with Crippen LogP contribution in [-0.2, 0) is 49.4 Å². The molecule has 15 unspecified atom stereocenters. The number of ether oxygens (including phenoxy) is 5. The highest BCUT2D eigenvalue weighted by Gasteiger charge is 2.57. The number of piperidine rings is 1. The average Bonchev–Trinajstić information content (AvgIpc) is 3.30. The number of carbonyl (C=O) groups is 4. The molecule has 2 saturated heterocycles. The molecule has 13 nitrogen and oxygen atoms in total. The van der Waals surface area contributed by atoms with Gasteiger partial charge < -0.3 is 44.1 Å². The first kappa shape index (κ1) is 51.6. The summed E-state index contributed by atoms with van der Waals surface area (Å²) in [5, 5.41) is 27.5. The predicted molar refractivity (Wildman–Crippen MR) is 239 cm³/mol. The molecule has 0 radical (unpaired) electrons. The van der Waals surface area contributed by atoms with Crippen LogP contribution in [-0.4, -0.2) is 127 Å². The molecule has 1 aromatic rings. The third-order valence-corrected chi connectivity index (χ3v) is 14.6. The molecule has 64 heavy (non-hydrogen) atoms. The minimum absolute atomic E-state index is 0.0472. The topological polar surface area (TPSA) is 170 Å². The van der Waals surface area contributed by atoms with Gasteiger partial charge in [0.2, 0.25) is 5.79 Å². The molecule has 0 spiro atoms. The van der Waals surface area contributed by atoms with Crippen LogP contribution < -0.4 is 5.32 Å². The second-order valence-electron chi connectivity index (χ2n) is 19.0. The van der Waals surface area contributed by atoms with Crippen molar-refractivity contribution < 1.29 is 57.5 Å². The van der Waals surface area contributed by atoms with Crippen molar-refractivity contribution in [1.82, 2.24) is 10.2 Å². The van der Waals surface area contributed by atoms with Crippen molar-refractivity contribution in [3.05, 3.63) is 59.2 Å². The molecule has 14 heteroatoms. The van der Waals surface area contributed by atoms with Crippen molar-refractivity contribution in [3.8, 4) is 0 Å². The Labute approximate surface area is 379 Å². The summed E-state index contributed by atoms with van der Waals surface area (Å²) in [5.74, 6) is -8.91. The number of ketones is 2. The Morgan fingerprint density at radius 3 is 2.28 bits per heavy atom. The number of rotatable bonds is 9. The maximum atomic E-state index is 16.3. The van der Waals surface area contributed by atoms with E-state index in [0.29, 0.717) is 43.4 Å². The number of hydrogen-bond donors (Lipinski definition) is 3. The first-order valence-corrected chi connectivity index (χ1v) is 23.5. The molecular weight excluding hydrogens is 824 g/mol. The smallest absolute Gasteiger partial charge is 0.329 e. The van der Waals surface area contributed by atoms with E-state index in [9.17, 15) is 29.4 Å². The highest BCUT2D eigenvalue weighted by Crippen LogP contribution is 2.39. The van der Waals surface area contributed by atoms with Crippen LogP contribution in [0, 0.1) is 29.6 Å². The number of carbonyl (C=O) groups excluding carboxylic acids is 4. The van der Waals surface area contributed by atoms with Crippen LogP contribution in [0.1, 0.15) is 111 Å². The number of halogens is 1. The van der Waals surface area contributed by atoms with Crippen LogP contribution in [0.5, 0.6) is 0 Å². The molecule has 1 amide bonds. The summed E-state index contributed by atoms with van der Waals surface area (Å²) in [5.41, 5.74) is 2.20. The fraction of sp³-hybridized carbons (Fsp3) is 0.720. The van der Waals surface area contributed by atoms with Crippen LogP contribution in [0.15, 0.2) is 53.6 Å². The highest BCUT2D eigenvalue weighted by molar-refractivity contribution is 6.39. The molecule has 2 bridgehead atoms. The van der Waals surface area contributed by atoms with Gasteiger partial charge in [-0.25, -0.2) is 9.18 Å². The van der Waals surface area contributed by atoms with Gasteiger partial charge in [-0.1, -0.05) is 70.2 Å². The van der Waals surface area contributed by atoms with Crippen molar-refractivity contribution in [2.45, 2.75) is 173 Å². The summed E-state index contributed by atoms with van der Waals surface area (Å²) < 4.78 is 46.4. The molecular formula is C50H75FN2O11. The number of amides is 1. The minimum Gasteiger partial charge on any atom is -0.456 e. The van der Waals surface area contributed by atoms with Crippen LogP contribution in [0.2, 0.25) is 0 Å². The molecule has 4 aliphatic rings. The molecule has 1 saturated carbocycles. The number of allylic oxidation sites excluding steroid dienone is 3. The van der Waals surface area contributed by atoms with Crippen LogP contribution in [0.4, 0.5) is 4.39 Å². The zero-order chi connectivity index (χ0) is 46.9. The normalized spacial score (nSPS) is 38.2. The number of esters is 1. The monoisotopic (exact) mass is 899 g/mol. The van der Waals surface area contributed by atoms with Gasteiger partial charge in [0.25, 0.3) is 11.7 Å². The molecule has 3 fully saturated rings. The number of aliphatic hydroxyl groups is 2. The molecule has 0 aromatic heterocycles. The Balaban J connectivity index is 1.49. The number of fused-ring (bicyclic) bond motifs is 3. The summed E-state index contributed by atoms with van der Waals surface area (Å²) >= 11 is 0. The Morgan fingerprint density at radius 1 is 0.953 bits per heavy atom. The Hall–Kier alpha value is -3.37. The second kappa shape index (κ2) is 23.4. The van der Waals surface area contributed by atoms with Crippen LogP contribution >= 0.6 is 0 Å². The number of hydrogen-bond acceptors (Lipinski definition) is 12. The number of benzene rings is 1. The van der Waals surface area contributed by atoms with E-state index in [2.05, 4.69) is 23.5 Å². The lowest BCUT2D eigenvalue weighted by Gasteiger charge is -2.47. The summed E-state index contributed by atoms with van der Waals surface area (Å²) in [6.45, 7) is 11.1. The van der Waals surface area contributed by atoms with E-state index in [1.54, 1.807) is 40.9 Å². The van der Waals surface area contributed by atoms with E-state index in [1.165, 1.54) is 24.7 Å². The molecule has 1 aromatic carbocycles. The summed E-state index contributed by atoms with van der Waals surface area (Å²) in [7, 11) is 4.60. The van der Waals surface area contributed by atoms with Crippen LogP contribution in [0.25, 0.3) is 0 Å². The van der Waals surface area contributed by atoms with Gasteiger partial charge >= 0.3 is 5.97 Å². The van der Waals surface area contributed by atoms with Gasteiger partial charge in [-0.05, 0) is 100 Å². The molecule has 1 aliphatic carbocycles. The number of alkyl halides is 1. The largest absolute Gasteiger partial charge is 0.456 e. The maximum absolute atomic E-state index is 16.3. The number of Topliss-reactive ketones (excluding diaryl/α,β-unsaturated/α-hetero) is 2. The third kappa shape index (κ3) is 12.1. The quantitative estimate of drug-likeness (QED) is 0.146. The Bertz CT molecular complexity index is 1790. The standard InChI is InChI=1S/C50H75FN2O11/c1-10-36-23-29(2)44(51)30(3)24-42(61-8)46-43(62-9)25-32(5)50(59,64-46)47(56)48(57)53-21-15-14-18-38(53)49(58)63-45(33(6)39(54)27-40(36)55)31(4)22-35-19-20-37(41(26-35)60-7)52-28-34-16-12-11-13-17-34/h11-13,16-17,22-23,30,32-33,35-39,41-46,52,54,59H,10,14-15,18-21,24-28H2,1-9H3. The molecule has 3 heterocycles. The first-order chi connectivity index (χ1) is 30.5. The van der Waals surface area contributed by atoms with E-state index in [1.807, 2.05) is 32.0 Å². The van der Waals surface area contributed by atoms with Crippen molar-refractivity contribution in [3.63, 3.8) is 0 Å². The SMILES string of the molecule is CCC1C=C(C)C(F)C(C)CC(OC)C2OC(O)(C(=O)C(=O)N3CCCCC3C(=O)OC(C(C)=CC3CCC(NCc4ccccc4)C(OC)C3)C(C)C(O)CC1=O)C(C)CC2OC. The Morgan fingerprint density at radius 2 is 1.62 bits per heavy atom. The fourth-order valence-corrected chi connectivity index (χ4v) is 10.4. The number of nitrogens with one attached hydrogen (secondary N) is 1. The Kier molecular flexibility index (Phi) is 18.9. The lowest BCUT2D eigenvalue weighted by molar-refractivity contribution is -0.302. The van der Waals surface area contributed by atoms with Gasteiger partial charge in [0, 0.05) is 64.6 Å². The summed E-state index contributed by atoms with van der Waals surface area (Å²) in [6.07, 6.45) is 1.24. The summed E-state index contributed by atoms with van der Waals surface area (Å²) in [6, 6.07) is 9.13. The van der Waals surface area contributed by atoms with Gasteiger partial charge in [-0.15, -0.1) is 0 Å². The van der Waals surface area contributed by atoms with Crippen molar-refractivity contribution in [1.29, 1.82) is 0 Å². The number of aliphatic hydroxyl groups excluding tert-OH is 1. The van der Waals surface area contributed by atoms with E-state index < -0.39 is 89.9 Å². The minimum atomic E-state index is -2.60. The molecule has 3 aliphatic heterocycles. The molecule has 15 atom stereocenters. The zero-order valence-corrected chi connectivity index (χ0v) is 39.5. The molecule has 358 valence electrons. The lowest BCUT2D eigenvalue weighted by atomic mass is 9.80. The first-order valence-electron chi connectivity index (χ1n) is 23.5. The third-order valence-electron chi connectivity index (χ3n) is 14.6. The predicted octanol–water partition coefficient (Wildman–Crippen LogP) is 6.22. The summed E-state index contributed by atoms with van der Waals surface area (Å²) in [4.78, 5) is 58.2. The van der Waals surface area contributed by atoms with Crippen LogP contribution in [0.3, 0.4) is 0 Å². The number of cyclic esters (lactones) is 1. The molecule has 5 rings (SSSR count). The van der Waals surface area contributed by atoms with Gasteiger partial charge in [0.05, 0.1) is 24.4 Å². The van der Waals surface area contributed by atoms with E-state index >= 15 is 4.39 Å². The van der Waals surface area contributed by atoms with Crippen molar-refractivity contribution in [2.75, 3.05) is 27.9 Å². The fourth-order valence-electron chi connectivity index (χ4n) is 10.4. The zero-order valence-electron chi connectivity index (χ0n) is 39.5. The molecule has 3 N–H and O–H groups in total. The number of nitrogens with zero attached hydrogens (tertiary/aromatic N) is 1. The highest BCUT2D eigenvalue weighted by atomic mass is 19.1.